The zero-order valence-corrected chi connectivity index (χ0v) is 12.2. The van der Waals surface area contributed by atoms with Crippen molar-refractivity contribution in [3.05, 3.63) is 65.9 Å². The molecule has 0 radical (unpaired) electrons. The van der Waals surface area contributed by atoms with Gasteiger partial charge in [0.25, 0.3) is 0 Å². The summed E-state index contributed by atoms with van der Waals surface area (Å²) >= 11 is 0. The number of nitrogens with zero attached hydrogens (tertiary/aromatic N) is 3. The maximum atomic E-state index is 13.6. The zero-order valence-electron chi connectivity index (χ0n) is 12.2. The fraction of sp³-hybridized carbons (Fsp3) is 0.118. The Labute approximate surface area is 127 Å². The van der Waals surface area contributed by atoms with Crippen molar-refractivity contribution in [1.29, 1.82) is 0 Å². The molecule has 0 N–H and O–H groups in total. The van der Waals surface area contributed by atoms with E-state index in [0.29, 0.717) is 23.0 Å². The summed E-state index contributed by atoms with van der Waals surface area (Å²) in [5.41, 5.74) is 2.19. The van der Waals surface area contributed by atoms with E-state index in [1.54, 1.807) is 37.5 Å². The molecule has 0 bridgehead atoms. The molecule has 0 aliphatic heterocycles. The lowest BCUT2D eigenvalue weighted by Gasteiger charge is -2.08. The predicted molar refractivity (Wildman–Crippen MR) is 81.2 cm³/mol. The zero-order chi connectivity index (χ0) is 15.5. The lowest BCUT2D eigenvalue weighted by atomic mass is 10.2. The molecule has 1 aromatic carbocycles. The van der Waals surface area contributed by atoms with Gasteiger partial charge in [0.1, 0.15) is 11.6 Å². The first-order chi connectivity index (χ1) is 10.6. The first kappa shape index (κ1) is 14.1. The fourth-order valence-corrected chi connectivity index (χ4v) is 1.98. The second-order valence-electron chi connectivity index (χ2n) is 4.92. The molecule has 0 saturated heterocycles. The van der Waals surface area contributed by atoms with Crippen molar-refractivity contribution < 1.29 is 9.13 Å². The van der Waals surface area contributed by atoms with Crippen molar-refractivity contribution in [2.75, 3.05) is 0 Å². The van der Waals surface area contributed by atoms with Crippen LogP contribution in [0.3, 0.4) is 0 Å². The Morgan fingerprint density at radius 1 is 0.955 bits per heavy atom. The number of aryl methyl sites for hydroxylation is 2. The standard InChI is InChI=1S/C17H14FN3O/c1-11-3-4-14(10-15(11)18)22-16-9-12(2)20-17(21-16)13-5-7-19-8-6-13/h3-10H,1-2H3. The molecule has 0 saturated carbocycles. The second kappa shape index (κ2) is 5.89. The molecule has 3 rings (SSSR count). The predicted octanol–water partition coefficient (Wildman–Crippen LogP) is 4.09. The number of hydrogen-bond acceptors (Lipinski definition) is 4. The number of pyridine rings is 1. The van der Waals surface area contributed by atoms with Gasteiger partial charge in [-0.1, -0.05) is 6.07 Å². The number of benzene rings is 1. The van der Waals surface area contributed by atoms with Crippen LogP contribution >= 0.6 is 0 Å². The SMILES string of the molecule is Cc1cc(Oc2ccc(C)c(F)c2)nc(-c2ccncc2)n1. The van der Waals surface area contributed by atoms with Crippen LogP contribution in [0.25, 0.3) is 11.4 Å². The Morgan fingerprint density at radius 3 is 2.45 bits per heavy atom. The van der Waals surface area contributed by atoms with Gasteiger partial charge >= 0.3 is 0 Å². The number of halogens is 1. The quantitative estimate of drug-likeness (QED) is 0.730. The Balaban J connectivity index is 1.94. The minimum absolute atomic E-state index is 0.308. The van der Waals surface area contributed by atoms with Gasteiger partial charge in [-0.2, -0.15) is 4.98 Å². The molecule has 0 aliphatic rings. The summed E-state index contributed by atoms with van der Waals surface area (Å²) in [7, 11) is 0. The van der Waals surface area contributed by atoms with Gasteiger partial charge in [-0.15, -0.1) is 0 Å². The van der Waals surface area contributed by atoms with Crippen LogP contribution in [0, 0.1) is 19.7 Å². The molecule has 5 heteroatoms. The van der Waals surface area contributed by atoms with Crippen LogP contribution in [-0.2, 0) is 0 Å². The molecule has 4 nitrogen and oxygen atoms in total. The smallest absolute Gasteiger partial charge is 0.223 e. The van der Waals surface area contributed by atoms with Gasteiger partial charge < -0.3 is 4.74 Å². The number of aromatic nitrogens is 3. The Morgan fingerprint density at radius 2 is 1.73 bits per heavy atom. The van der Waals surface area contributed by atoms with E-state index >= 15 is 0 Å². The van der Waals surface area contributed by atoms with Crippen LogP contribution in [0.1, 0.15) is 11.3 Å². The molecule has 2 aromatic heterocycles. The molecular weight excluding hydrogens is 281 g/mol. The van der Waals surface area contributed by atoms with Crippen LogP contribution in [0.4, 0.5) is 4.39 Å². The molecule has 0 amide bonds. The highest BCUT2D eigenvalue weighted by Gasteiger charge is 2.08. The summed E-state index contributed by atoms with van der Waals surface area (Å²) in [5, 5.41) is 0. The van der Waals surface area contributed by atoms with Gasteiger partial charge in [0, 0.05) is 35.8 Å². The maximum absolute atomic E-state index is 13.6. The highest BCUT2D eigenvalue weighted by Crippen LogP contribution is 2.24. The van der Waals surface area contributed by atoms with Gasteiger partial charge in [0.2, 0.25) is 5.88 Å². The molecule has 0 aliphatic carbocycles. The van der Waals surface area contributed by atoms with Gasteiger partial charge in [-0.05, 0) is 37.6 Å². The first-order valence-corrected chi connectivity index (χ1v) is 6.82. The van der Waals surface area contributed by atoms with Gasteiger partial charge in [-0.25, -0.2) is 9.37 Å². The third kappa shape index (κ3) is 3.09. The van der Waals surface area contributed by atoms with Gasteiger partial charge in [0.05, 0.1) is 0 Å². The van der Waals surface area contributed by atoms with Crippen molar-refractivity contribution in [1.82, 2.24) is 15.0 Å². The topological polar surface area (TPSA) is 47.9 Å². The highest BCUT2D eigenvalue weighted by atomic mass is 19.1. The molecule has 22 heavy (non-hydrogen) atoms. The van der Waals surface area contributed by atoms with Crippen LogP contribution in [-0.4, -0.2) is 15.0 Å². The first-order valence-electron chi connectivity index (χ1n) is 6.82. The van der Waals surface area contributed by atoms with Crippen molar-refractivity contribution in [2.24, 2.45) is 0 Å². The highest BCUT2D eigenvalue weighted by molar-refractivity contribution is 5.54. The van der Waals surface area contributed by atoms with E-state index in [1.165, 1.54) is 6.07 Å². The number of rotatable bonds is 3. The summed E-state index contributed by atoms with van der Waals surface area (Å²) in [6, 6.07) is 10.1. The molecule has 2 heterocycles. The van der Waals surface area contributed by atoms with Crippen molar-refractivity contribution >= 4 is 0 Å². The average Bonchev–Trinajstić information content (AvgIpc) is 2.51. The summed E-state index contributed by atoms with van der Waals surface area (Å²) in [6.45, 7) is 3.56. The number of hydrogen-bond donors (Lipinski definition) is 0. The van der Waals surface area contributed by atoms with Crippen molar-refractivity contribution in [3.8, 4) is 23.0 Å². The lowest BCUT2D eigenvalue weighted by molar-refractivity contribution is 0.456. The number of ether oxygens (including phenoxy) is 1. The van der Waals surface area contributed by atoms with E-state index < -0.39 is 0 Å². The van der Waals surface area contributed by atoms with E-state index in [2.05, 4.69) is 15.0 Å². The molecule has 0 spiro atoms. The summed E-state index contributed by atoms with van der Waals surface area (Å²) in [6.07, 6.45) is 3.35. The van der Waals surface area contributed by atoms with Crippen LogP contribution in [0.5, 0.6) is 11.6 Å². The molecule has 0 unspecified atom stereocenters. The van der Waals surface area contributed by atoms with Crippen LogP contribution in [0.2, 0.25) is 0 Å². The Bertz CT molecular complexity index is 806. The minimum Gasteiger partial charge on any atom is -0.439 e. The van der Waals surface area contributed by atoms with E-state index in [4.69, 9.17) is 4.74 Å². The van der Waals surface area contributed by atoms with Crippen LogP contribution < -0.4 is 4.74 Å². The summed E-state index contributed by atoms with van der Waals surface area (Å²) in [5.74, 6) is 1.02. The monoisotopic (exact) mass is 295 g/mol. The fourth-order valence-electron chi connectivity index (χ4n) is 1.98. The van der Waals surface area contributed by atoms with Crippen LogP contribution in [0.15, 0.2) is 48.8 Å². The van der Waals surface area contributed by atoms with Crippen molar-refractivity contribution in [3.63, 3.8) is 0 Å². The minimum atomic E-state index is -0.308. The van der Waals surface area contributed by atoms with E-state index in [-0.39, 0.29) is 5.82 Å². The molecule has 3 aromatic rings. The van der Waals surface area contributed by atoms with Gasteiger partial charge in [-0.3, -0.25) is 4.98 Å². The Kier molecular flexibility index (Phi) is 3.78. The normalized spacial score (nSPS) is 10.5. The third-order valence-corrected chi connectivity index (χ3v) is 3.13. The third-order valence-electron chi connectivity index (χ3n) is 3.13. The maximum Gasteiger partial charge on any atom is 0.223 e. The molecule has 0 fully saturated rings. The second-order valence-corrected chi connectivity index (χ2v) is 4.92. The van der Waals surface area contributed by atoms with E-state index in [1.807, 2.05) is 19.1 Å². The average molecular weight is 295 g/mol. The summed E-state index contributed by atoms with van der Waals surface area (Å²) < 4.78 is 19.2. The summed E-state index contributed by atoms with van der Waals surface area (Å²) in [4.78, 5) is 12.7. The largest absolute Gasteiger partial charge is 0.439 e. The molecular formula is C17H14FN3O. The lowest BCUT2D eigenvalue weighted by Crippen LogP contribution is -1.96. The van der Waals surface area contributed by atoms with E-state index in [9.17, 15) is 4.39 Å². The van der Waals surface area contributed by atoms with Crippen molar-refractivity contribution in [2.45, 2.75) is 13.8 Å². The molecule has 110 valence electrons. The molecule has 0 atom stereocenters. The van der Waals surface area contributed by atoms with Gasteiger partial charge in [0.15, 0.2) is 5.82 Å². The van der Waals surface area contributed by atoms with E-state index in [0.717, 1.165) is 11.3 Å². The Hall–Kier alpha value is -2.82.